The maximum atomic E-state index is 12.2. The lowest BCUT2D eigenvalue weighted by molar-refractivity contribution is -0.131. The first-order chi connectivity index (χ1) is 11.6. The van der Waals surface area contributed by atoms with Gasteiger partial charge in [0.2, 0.25) is 5.91 Å². The highest BCUT2D eigenvalue weighted by Gasteiger charge is 2.20. The Kier molecular flexibility index (Phi) is 7.88. The lowest BCUT2D eigenvalue weighted by atomic mass is 10.2. The molecule has 1 aliphatic heterocycles. The van der Waals surface area contributed by atoms with Gasteiger partial charge in [0, 0.05) is 52.0 Å². The van der Waals surface area contributed by atoms with Gasteiger partial charge in [0.1, 0.15) is 0 Å². The average molecular weight is 351 g/mol. The van der Waals surface area contributed by atoms with E-state index in [1.54, 1.807) is 16.7 Å². The van der Waals surface area contributed by atoms with Gasteiger partial charge in [-0.2, -0.15) is 11.8 Å². The van der Waals surface area contributed by atoms with Crippen LogP contribution in [-0.4, -0.2) is 80.1 Å². The van der Waals surface area contributed by atoms with Crippen LogP contribution in [0.1, 0.15) is 6.42 Å². The zero-order chi connectivity index (χ0) is 17.4. The van der Waals surface area contributed by atoms with Gasteiger partial charge in [-0.05, 0) is 30.6 Å². The second kappa shape index (κ2) is 9.91. The predicted octanol–water partition coefficient (Wildman–Crippen LogP) is 1.35. The van der Waals surface area contributed by atoms with Crippen molar-refractivity contribution in [1.29, 1.82) is 0 Å². The second-order valence-corrected chi connectivity index (χ2v) is 7.30. The molecule has 1 amide bonds. The maximum Gasteiger partial charge on any atom is 0.239 e. The largest absolute Gasteiger partial charge is 0.369 e. The molecule has 0 spiro atoms. The molecule has 0 radical (unpaired) electrons. The Morgan fingerprint density at radius 2 is 1.92 bits per heavy atom. The SMILES string of the molecule is CSCC[C@H](N)C(=O)N(C)CCN1CCN(c2ccccc2)CC1. The van der Waals surface area contributed by atoms with E-state index in [4.69, 9.17) is 5.73 Å². The van der Waals surface area contributed by atoms with Crippen molar-refractivity contribution in [3.63, 3.8) is 0 Å². The monoisotopic (exact) mass is 350 g/mol. The van der Waals surface area contributed by atoms with Crippen LogP contribution in [0.4, 0.5) is 5.69 Å². The van der Waals surface area contributed by atoms with Gasteiger partial charge in [0.05, 0.1) is 6.04 Å². The fourth-order valence-electron chi connectivity index (χ4n) is 2.92. The quantitative estimate of drug-likeness (QED) is 0.767. The molecule has 0 saturated carbocycles. The van der Waals surface area contributed by atoms with Crippen molar-refractivity contribution >= 4 is 23.4 Å². The van der Waals surface area contributed by atoms with Crippen molar-refractivity contribution < 1.29 is 4.79 Å². The van der Waals surface area contributed by atoms with Gasteiger partial charge < -0.3 is 15.5 Å². The Morgan fingerprint density at radius 1 is 1.25 bits per heavy atom. The summed E-state index contributed by atoms with van der Waals surface area (Å²) in [5.41, 5.74) is 7.27. The van der Waals surface area contributed by atoms with Crippen molar-refractivity contribution in [2.45, 2.75) is 12.5 Å². The lowest BCUT2D eigenvalue weighted by Crippen LogP contribution is -2.50. The van der Waals surface area contributed by atoms with Crippen molar-refractivity contribution in [2.24, 2.45) is 5.73 Å². The van der Waals surface area contributed by atoms with Gasteiger partial charge in [-0.1, -0.05) is 18.2 Å². The zero-order valence-corrected chi connectivity index (χ0v) is 15.7. The molecule has 2 rings (SSSR count). The Bertz CT molecular complexity index is 491. The molecule has 0 aromatic heterocycles. The number of nitrogens with zero attached hydrogens (tertiary/aromatic N) is 3. The second-order valence-electron chi connectivity index (χ2n) is 6.31. The van der Waals surface area contributed by atoms with Crippen molar-refractivity contribution in [3.8, 4) is 0 Å². The van der Waals surface area contributed by atoms with Crippen LogP contribution in [0, 0.1) is 0 Å². The van der Waals surface area contributed by atoms with Crippen LogP contribution < -0.4 is 10.6 Å². The van der Waals surface area contributed by atoms with Crippen LogP contribution >= 0.6 is 11.8 Å². The Hall–Kier alpha value is -1.24. The highest BCUT2D eigenvalue weighted by Crippen LogP contribution is 2.15. The molecular weight excluding hydrogens is 320 g/mol. The topological polar surface area (TPSA) is 52.8 Å². The van der Waals surface area contributed by atoms with E-state index < -0.39 is 0 Å². The highest BCUT2D eigenvalue weighted by molar-refractivity contribution is 7.98. The molecule has 0 bridgehead atoms. The lowest BCUT2D eigenvalue weighted by Gasteiger charge is -2.36. The molecule has 24 heavy (non-hydrogen) atoms. The summed E-state index contributed by atoms with van der Waals surface area (Å²) in [6, 6.07) is 10.2. The standard InChI is InChI=1S/C18H30N4OS/c1-20(18(23)17(19)8-15-24-2)9-10-21-11-13-22(14-12-21)16-6-4-3-5-7-16/h3-7,17H,8-15,19H2,1-2H3/t17-/m0/s1. The number of hydrogen-bond donors (Lipinski definition) is 1. The first-order valence-electron chi connectivity index (χ1n) is 8.63. The third kappa shape index (κ3) is 5.69. The van der Waals surface area contributed by atoms with E-state index in [-0.39, 0.29) is 11.9 Å². The molecule has 1 aromatic carbocycles. The zero-order valence-electron chi connectivity index (χ0n) is 14.9. The Labute approximate surface area is 150 Å². The molecule has 0 unspecified atom stereocenters. The van der Waals surface area contributed by atoms with Crippen LogP contribution in [-0.2, 0) is 4.79 Å². The van der Waals surface area contributed by atoms with E-state index in [9.17, 15) is 4.79 Å². The summed E-state index contributed by atoms with van der Waals surface area (Å²) < 4.78 is 0. The number of amides is 1. The normalized spacial score (nSPS) is 16.9. The average Bonchev–Trinajstić information content (AvgIpc) is 2.64. The Balaban J connectivity index is 1.69. The molecule has 5 nitrogen and oxygen atoms in total. The predicted molar refractivity (Wildman–Crippen MR) is 104 cm³/mol. The number of thioether (sulfide) groups is 1. The van der Waals surface area contributed by atoms with E-state index in [1.165, 1.54) is 5.69 Å². The molecule has 1 fully saturated rings. The van der Waals surface area contributed by atoms with E-state index in [0.29, 0.717) is 0 Å². The van der Waals surface area contributed by atoms with Crippen molar-refractivity contribution in [2.75, 3.05) is 63.2 Å². The molecule has 1 aromatic rings. The number of likely N-dealkylation sites (N-methyl/N-ethyl adjacent to an activating group) is 1. The molecule has 134 valence electrons. The molecular formula is C18H30N4OS. The van der Waals surface area contributed by atoms with Crippen LogP contribution in [0.5, 0.6) is 0 Å². The van der Waals surface area contributed by atoms with Gasteiger partial charge in [0.15, 0.2) is 0 Å². The van der Waals surface area contributed by atoms with Crippen LogP contribution in [0.15, 0.2) is 30.3 Å². The molecule has 1 saturated heterocycles. The fourth-order valence-corrected chi connectivity index (χ4v) is 3.41. The van der Waals surface area contributed by atoms with Gasteiger partial charge in [0.25, 0.3) is 0 Å². The number of carbonyl (C=O) groups excluding carboxylic acids is 1. The van der Waals surface area contributed by atoms with Crippen molar-refractivity contribution in [1.82, 2.24) is 9.80 Å². The molecule has 0 aliphatic carbocycles. The summed E-state index contributed by atoms with van der Waals surface area (Å²) in [4.78, 5) is 18.9. The van der Waals surface area contributed by atoms with Gasteiger partial charge in [-0.3, -0.25) is 9.69 Å². The summed E-state index contributed by atoms with van der Waals surface area (Å²) in [6.45, 7) is 5.81. The minimum Gasteiger partial charge on any atom is -0.369 e. The number of hydrogen-bond acceptors (Lipinski definition) is 5. The highest BCUT2D eigenvalue weighted by atomic mass is 32.2. The van der Waals surface area contributed by atoms with Gasteiger partial charge >= 0.3 is 0 Å². The fraction of sp³-hybridized carbons (Fsp3) is 0.611. The number of anilines is 1. The number of piperazine rings is 1. The van der Waals surface area contributed by atoms with E-state index >= 15 is 0 Å². The number of benzene rings is 1. The van der Waals surface area contributed by atoms with Gasteiger partial charge in [-0.25, -0.2) is 0 Å². The third-order valence-electron chi connectivity index (χ3n) is 4.57. The summed E-state index contributed by atoms with van der Waals surface area (Å²) >= 11 is 1.73. The van der Waals surface area contributed by atoms with Crippen LogP contribution in [0.25, 0.3) is 0 Å². The van der Waals surface area contributed by atoms with Crippen LogP contribution in [0.2, 0.25) is 0 Å². The van der Waals surface area contributed by atoms with E-state index in [0.717, 1.165) is 51.4 Å². The first kappa shape index (κ1) is 19.1. The minimum atomic E-state index is -0.364. The summed E-state index contributed by atoms with van der Waals surface area (Å²) in [5, 5.41) is 0. The molecule has 2 N–H and O–H groups in total. The molecule has 6 heteroatoms. The number of rotatable bonds is 8. The summed E-state index contributed by atoms with van der Waals surface area (Å²) in [6.07, 6.45) is 2.79. The Morgan fingerprint density at radius 3 is 2.54 bits per heavy atom. The van der Waals surface area contributed by atoms with Crippen LogP contribution in [0.3, 0.4) is 0 Å². The smallest absolute Gasteiger partial charge is 0.239 e. The maximum absolute atomic E-state index is 12.2. The number of para-hydroxylation sites is 1. The number of nitrogens with two attached hydrogens (primary N) is 1. The molecule has 1 atom stereocenters. The van der Waals surface area contributed by atoms with E-state index in [2.05, 4.69) is 40.1 Å². The summed E-state index contributed by atoms with van der Waals surface area (Å²) in [7, 11) is 1.86. The third-order valence-corrected chi connectivity index (χ3v) is 5.22. The van der Waals surface area contributed by atoms with Crippen molar-refractivity contribution in [3.05, 3.63) is 30.3 Å². The summed E-state index contributed by atoms with van der Waals surface area (Å²) in [5.74, 6) is 0.995. The number of carbonyl (C=O) groups is 1. The minimum absolute atomic E-state index is 0.0620. The van der Waals surface area contributed by atoms with Gasteiger partial charge in [-0.15, -0.1) is 0 Å². The first-order valence-corrected chi connectivity index (χ1v) is 10.0. The van der Waals surface area contributed by atoms with E-state index in [1.807, 2.05) is 13.3 Å². The molecule has 1 aliphatic rings. The molecule has 1 heterocycles.